The molecule has 0 radical (unpaired) electrons. The molecule has 0 unspecified atom stereocenters. The highest BCUT2D eigenvalue weighted by Gasteiger charge is 2.31. The molecule has 1 aliphatic carbocycles. The van der Waals surface area contributed by atoms with Gasteiger partial charge in [0.15, 0.2) is 0 Å². The summed E-state index contributed by atoms with van der Waals surface area (Å²) in [4.78, 5) is 0. The zero-order valence-corrected chi connectivity index (χ0v) is 10.7. The lowest BCUT2D eigenvalue weighted by atomic mass is 9.74. The molecule has 0 aromatic heterocycles. The maximum Gasteiger partial charge on any atom is 0.116 e. The van der Waals surface area contributed by atoms with E-state index in [0.717, 1.165) is 31.3 Å². The average molecular weight is 241 g/mol. The van der Waals surface area contributed by atoms with Crippen LogP contribution in [0.3, 0.4) is 0 Å². The summed E-state index contributed by atoms with van der Waals surface area (Å²) in [6.07, 6.45) is 9.87. The number of hydrogen-bond donors (Lipinski definition) is 2. The minimum Gasteiger partial charge on any atom is -0.508 e. The summed E-state index contributed by atoms with van der Waals surface area (Å²) in [6, 6.07) is 0. The Hall–Kier alpha value is -0.830. The zero-order valence-electron chi connectivity index (χ0n) is 10.7. The lowest BCUT2D eigenvalue weighted by molar-refractivity contribution is 0.304. The largest absolute Gasteiger partial charge is 0.508 e. The van der Waals surface area contributed by atoms with Crippen LogP contribution in [0, 0.1) is 5.41 Å². The second-order valence-electron chi connectivity index (χ2n) is 5.07. The van der Waals surface area contributed by atoms with Gasteiger partial charge in [-0.2, -0.15) is 0 Å². The highest BCUT2D eigenvalue weighted by molar-refractivity contribution is 5.32. The third kappa shape index (κ3) is 3.84. The van der Waals surface area contributed by atoms with Crippen LogP contribution in [0.5, 0.6) is 0 Å². The number of alkyl halides is 1. The monoisotopic (exact) mass is 241 g/mol. The molecule has 98 valence electrons. The SMILES string of the molecule is CC1(C(=C/CF)/C(O)=C\CN)CCCCCC1. The third-order valence-electron chi connectivity index (χ3n) is 3.73. The number of aliphatic hydroxyl groups is 1. The van der Waals surface area contributed by atoms with E-state index in [1.54, 1.807) is 6.08 Å². The van der Waals surface area contributed by atoms with Gasteiger partial charge in [-0.05, 0) is 36.0 Å². The summed E-state index contributed by atoms with van der Waals surface area (Å²) < 4.78 is 12.6. The van der Waals surface area contributed by atoms with E-state index in [9.17, 15) is 9.50 Å². The molecular formula is C14H24FNO. The molecule has 0 aliphatic heterocycles. The molecule has 17 heavy (non-hydrogen) atoms. The van der Waals surface area contributed by atoms with Gasteiger partial charge >= 0.3 is 0 Å². The first-order valence-corrected chi connectivity index (χ1v) is 6.50. The third-order valence-corrected chi connectivity index (χ3v) is 3.73. The zero-order chi connectivity index (χ0) is 12.7. The lowest BCUT2D eigenvalue weighted by Gasteiger charge is -2.31. The summed E-state index contributed by atoms with van der Waals surface area (Å²) in [5, 5.41) is 10.00. The van der Waals surface area contributed by atoms with Crippen molar-refractivity contribution < 1.29 is 9.50 Å². The normalized spacial score (nSPS) is 22.3. The fourth-order valence-electron chi connectivity index (χ4n) is 2.74. The summed E-state index contributed by atoms with van der Waals surface area (Å²) in [7, 11) is 0. The fraction of sp³-hybridized carbons (Fsp3) is 0.714. The fourth-order valence-corrected chi connectivity index (χ4v) is 2.74. The molecule has 0 aromatic rings. The Morgan fingerprint density at radius 2 is 1.82 bits per heavy atom. The van der Waals surface area contributed by atoms with Crippen molar-refractivity contribution in [2.24, 2.45) is 11.1 Å². The van der Waals surface area contributed by atoms with Gasteiger partial charge < -0.3 is 10.8 Å². The van der Waals surface area contributed by atoms with E-state index in [2.05, 4.69) is 6.92 Å². The number of allylic oxidation sites excluding steroid dienone is 2. The van der Waals surface area contributed by atoms with Crippen LogP contribution in [-0.4, -0.2) is 18.3 Å². The molecule has 1 fully saturated rings. The molecule has 0 bridgehead atoms. The minimum absolute atomic E-state index is 0.0989. The van der Waals surface area contributed by atoms with Gasteiger partial charge in [0.1, 0.15) is 12.4 Å². The van der Waals surface area contributed by atoms with Crippen LogP contribution < -0.4 is 5.73 Å². The van der Waals surface area contributed by atoms with Crippen molar-refractivity contribution in [3.63, 3.8) is 0 Å². The Bertz CT molecular complexity index is 289. The maximum atomic E-state index is 12.6. The van der Waals surface area contributed by atoms with Crippen LogP contribution >= 0.6 is 0 Å². The van der Waals surface area contributed by atoms with Crippen LogP contribution in [0.1, 0.15) is 45.4 Å². The quantitative estimate of drug-likeness (QED) is 0.448. The second kappa shape index (κ2) is 6.80. The van der Waals surface area contributed by atoms with E-state index in [4.69, 9.17) is 5.73 Å². The number of halogens is 1. The Labute approximate surface area is 103 Å². The van der Waals surface area contributed by atoms with Crippen molar-refractivity contribution in [1.29, 1.82) is 0 Å². The molecule has 0 spiro atoms. The van der Waals surface area contributed by atoms with E-state index in [1.165, 1.54) is 18.9 Å². The van der Waals surface area contributed by atoms with Crippen molar-refractivity contribution in [2.75, 3.05) is 13.2 Å². The molecule has 0 amide bonds. The Morgan fingerprint density at radius 3 is 2.29 bits per heavy atom. The number of aliphatic hydroxyl groups excluding tert-OH is 1. The summed E-state index contributed by atoms with van der Waals surface area (Å²) >= 11 is 0. The summed E-state index contributed by atoms with van der Waals surface area (Å²) in [6.45, 7) is 1.87. The van der Waals surface area contributed by atoms with Gasteiger partial charge in [-0.3, -0.25) is 0 Å². The van der Waals surface area contributed by atoms with E-state index in [1.807, 2.05) is 0 Å². The first-order chi connectivity index (χ1) is 8.14. The molecule has 3 heteroatoms. The van der Waals surface area contributed by atoms with Crippen LogP contribution in [-0.2, 0) is 0 Å². The van der Waals surface area contributed by atoms with Crippen molar-refractivity contribution >= 4 is 0 Å². The smallest absolute Gasteiger partial charge is 0.116 e. The molecule has 1 aliphatic rings. The number of nitrogens with two attached hydrogens (primary N) is 1. The molecule has 1 rings (SSSR count). The van der Waals surface area contributed by atoms with Crippen molar-refractivity contribution in [3.8, 4) is 0 Å². The van der Waals surface area contributed by atoms with Gasteiger partial charge in [0.05, 0.1) is 0 Å². The van der Waals surface area contributed by atoms with Gasteiger partial charge in [-0.15, -0.1) is 0 Å². The van der Waals surface area contributed by atoms with Crippen molar-refractivity contribution in [3.05, 3.63) is 23.5 Å². The van der Waals surface area contributed by atoms with Gasteiger partial charge in [-0.25, -0.2) is 4.39 Å². The van der Waals surface area contributed by atoms with E-state index in [0.29, 0.717) is 0 Å². The van der Waals surface area contributed by atoms with Crippen LogP contribution in [0.4, 0.5) is 4.39 Å². The van der Waals surface area contributed by atoms with Gasteiger partial charge in [0, 0.05) is 6.54 Å². The second-order valence-corrected chi connectivity index (χ2v) is 5.07. The van der Waals surface area contributed by atoms with E-state index >= 15 is 0 Å². The van der Waals surface area contributed by atoms with Gasteiger partial charge in [-0.1, -0.05) is 32.6 Å². The highest BCUT2D eigenvalue weighted by Crippen LogP contribution is 2.43. The van der Waals surface area contributed by atoms with Crippen LogP contribution in [0.15, 0.2) is 23.5 Å². The van der Waals surface area contributed by atoms with Crippen molar-refractivity contribution in [1.82, 2.24) is 0 Å². The Kier molecular flexibility index (Phi) is 5.69. The molecular weight excluding hydrogens is 217 g/mol. The predicted octanol–water partition coefficient (Wildman–Crippen LogP) is 3.64. The average Bonchev–Trinajstić information content (AvgIpc) is 2.52. The molecule has 0 heterocycles. The topological polar surface area (TPSA) is 46.2 Å². The highest BCUT2D eigenvalue weighted by atomic mass is 19.1. The van der Waals surface area contributed by atoms with E-state index < -0.39 is 6.67 Å². The molecule has 3 N–H and O–H groups in total. The number of rotatable bonds is 4. The predicted molar refractivity (Wildman–Crippen MR) is 69.6 cm³/mol. The summed E-state index contributed by atoms with van der Waals surface area (Å²) in [5.41, 5.74) is 6.05. The van der Waals surface area contributed by atoms with E-state index in [-0.39, 0.29) is 17.7 Å². The first-order valence-electron chi connectivity index (χ1n) is 6.50. The molecule has 0 aromatic carbocycles. The lowest BCUT2D eigenvalue weighted by Crippen LogP contribution is -2.21. The first kappa shape index (κ1) is 14.2. The van der Waals surface area contributed by atoms with Crippen LogP contribution in [0.25, 0.3) is 0 Å². The molecule has 2 nitrogen and oxygen atoms in total. The summed E-state index contributed by atoms with van der Waals surface area (Å²) in [5.74, 6) is 0.162. The molecule has 1 saturated carbocycles. The molecule has 0 atom stereocenters. The van der Waals surface area contributed by atoms with Gasteiger partial charge in [0.25, 0.3) is 0 Å². The van der Waals surface area contributed by atoms with Gasteiger partial charge in [0.2, 0.25) is 0 Å². The maximum absolute atomic E-state index is 12.6. The Morgan fingerprint density at radius 1 is 1.24 bits per heavy atom. The minimum atomic E-state index is -0.534. The van der Waals surface area contributed by atoms with Crippen LogP contribution in [0.2, 0.25) is 0 Å². The Balaban J connectivity index is 2.95. The standard InChI is InChI=1S/C14H24FNO/c1-14(8-4-2-3-5-9-14)12(6-10-15)13(17)7-11-16/h6-7,17H,2-5,8-11,16H2,1H3/b12-6+,13-7+. The van der Waals surface area contributed by atoms with Crippen molar-refractivity contribution in [2.45, 2.75) is 45.4 Å². The molecule has 0 saturated heterocycles. The number of hydrogen-bond acceptors (Lipinski definition) is 2.